The predicted molar refractivity (Wildman–Crippen MR) is 498 cm³/mol. The Hall–Kier alpha value is -15.7. The van der Waals surface area contributed by atoms with Crippen molar-refractivity contribution in [3.8, 4) is 0 Å². The summed E-state index contributed by atoms with van der Waals surface area (Å²) in [6, 6.07) is 15.1. The fraction of sp³-hybridized carbons (Fsp3) is 0.347. The number of pyridine rings is 1. The lowest BCUT2D eigenvalue weighted by Crippen LogP contribution is -2.61. The summed E-state index contributed by atoms with van der Waals surface area (Å²) in [5, 5.41) is 39.2. The molecule has 12 aromatic rings. The van der Waals surface area contributed by atoms with Crippen LogP contribution < -0.4 is 31.4 Å². The van der Waals surface area contributed by atoms with Gasteiger partial charge in [-0.15, -0.1) is 5.10 Å². The van der Waals surface area contributed by atoms with Crippen LogP contribution in [0.15, 0.2) is 97.3 Å². The third kappa shape index (κ3) is 20.6. The molecule has 146 heavy (non-hydrogen) atoms. The minimum absolute atomic E-state index is 0.0240. The summed E-state index contributed by atoms with van der Waals surface area (Å²) in [5.74, 6) is -13.2. The lowest BCUT2D eigenvalue weighted by molar-refractivity contribution is -0.148. The van der Waals surface area contributed by atoms with Gasteiger partial charge >= 0.3 is 23.9 Å². The van der Waals surface area contributed by atoms with Crippen molar-refractivity contribution in [2.75, 3.05) is 47.0 Å². The minimum atomic E-state index is -3.09. The van der Waals surface area contributed by atoms with Crippen molar-refractivity contribution in [3.05, 3.63) is 273 Å². The van der Waals surface area contributed by atoms with Crippen molar-refractivity contribution >= 4 is 114 Å². The summed E-state index contributed by atoms with van der Waals surface area (Å²) in [6.07, 6.45) is -2.28. The van der Waals surface area contributed by atoms with E-state index in [2.05, 4.69) is 62.1 Å². The van der Waals surface area contributed by atoms with Gasteiger partial charge in [0.25, 0.3) is 71.9 Å². The first kappa shape index (κ1) is 105. The van der Waals surface area contributed by atoms with Gasteiger partial charge in [-0.3, -0.25) is 28.8 Å². The number of amides is 5. The molecule has 1 aliphatic carbocycles. The minimum Gasteiger partial charge on any atom is -0.477 e. The summed E-state index contributed by atoms with van der Waals surface area (Å²) < 4.78 is 203. The Labute approximate surface area is 821 Å². The van der Waals surface area contributed by atoms with Crippen molar-refractivity contribution in [2.24, 2.45) is 0 Å². The van der Waals surface area contributed by atoms with E-state index in [4.69, 9.17) is 20.9 Å². The third-order valence-corrected chi connectivity index (χ3v) is 28.4. The average Bonchev–Trinajstić information content (AvgIpc) is 0.761. The summed E-state index contributed by atoms with van der Waals surface area (Å²) >= 11 is 0. The number of alkyl halides is 10. The number of aromatic carboxylic acids is 1. The number of esters is 2. The van der Waals surface area contributed by atoms with E-state index in [-0.39, 0.29) is 77.8 Å². The van der Waals surface area contributed by atoms with Crippen LogP contribution in [-0.4, -0.2) is 165 Å². The van der Waals surface area contributed by atoms with Crippen molar-refractivity contribution in [2.45, 2.75) is 194 Å². The van der Waals surface area contributed by atoms with E-state index in [1.54, 1.807) is 55.2 Å². The molecule has 7 N–H and O–H groups in total. The number of rotatable bonds is 23. The maximum Gasteiger partial charge on any atom is 0.367 e. The highest BCUT2D eigenvalue weighted by Gasteiger charge is 2.60. The van der Waals surface area contributed by atoms with Crippen LogP contribution in [-0.2, 0) is 84.6 Å². The summed E-state index contributed by atoms with van der Waals surface area (Å²) in [7, 11) is 2.24. The van der Waals surface area contributed by atoms with Gasteiger partial charge in [0.2, 0.25) is 11.4 Å². The number of benzene rings is 4. The molecule has 0 unspecified atom stereocenters. The number of aromatic amines is 1. The van der Waals surface area contributed by atoms with Gasteiger partial charge in [-0.1, -0.05) is 0 Å². The zero-order valence-corrected chi connectivity index (χ0v) is 79.4. The number of hydrogen-bond donors (Lipinski definition) is 7. The largest absolute Gasteiger partial charge is 0.477 e. The molecule has 0 atom stereocenters. The van der Waals surface area contributed by atoms with Gasteiger partial charge in [-0.05, 0) is 246 Å². The molecule has 5 amide bonds. The molecule has 33 nitrogen and oxygen atoms in total. The number of hydrogen-bond acceptors (Lipinski definition) is 19. The van der Waals surface area contributed by atoms with Crippen LogP contribution in [0.25, 0.3) is 16.0 Å². The predicted octanol–water partition coefficient (Wildman–Crippen LogP) is 17.7. The number of fused-ring (bicyclic) bond motifs is 6. The van der Waals surface area contributed by atoms with Gasteiger partial charge in [0.15, 0.2) is 0 Å². The molecule has 766 valence electrons. The van der Waals surface area contributed by atoms with Crippen LogP contribution in [0.5, 0.6) is 0 Å². The van der Waals surface area contributed by atoms with E-state index in [0.29, 0.717) is 161 Å². The number of anilines is 4. The molecule has 48 heteroatoms. The highest BCUT2D eigenvalue weighted by atomic mass is 32.2. The normalized spacial score (nSPS) is 14.7. The topological polar surface area (TPSA) is 410 Å². The molecule has 14 heterocycles. The summed E-state index contributed by atoms with van der Waals surface area (Å²) in [6.45, 7) is 18.3. The van der Waals surface area contributed by atoms with Crippen LogP contribution in [0, 0.1) is 64.5 Å². The van der Waals surface area contributed by atoms with Crippen LogP contribution in [0.2, 0.25) is 0 Å². The first-order valence-corrected chi connectivity index (χ1v) is 47.1. The van der Waals surface area contributed by atoms with Gasteiger partial charge in [0.05, 0.1) is 94.0 Å². The third-order valence-electron chi connectivity index (χ3n) is 26.0. The van der Waals surface area contributed by atoms with E-state index in [1.807, 2.05) is 9.13 Å². The number of ketones is 2. The smallest absolute Gasteiger partial charge is 0.367 e. The molecule has 6 aliphatic heterocycles. The van der Waals surface area contributed by atoms with Crippen LogP contribution in [0.3, 0.4) is 0 Å². The number of H-pyrrole nitrogens is 1. The van der Waals surface area contributed by atoms with Crippen LogP contribution in [0.1, 0.15) is 272 Å². The second kappa shape index (κ2) is 43.1. The molecule has 1 saturated heterocycles. The van der Waals surface area contributed by atoms with Crippen LogP contribution >= 0.6 is 10.5 Å². The second-order valence-corrected chi connectivity index (χ2v) is 37.2. The lowest BCUT2D eigenvalue weighted by Gasteiger charge is -2.46. The first-order chi connectivity index (χ1) is 69.5. The van der Waals surface area contributed by atoms with Crippen molar-refractivity contribution in [3.63, 3.8) is 0 Å². The molecule has 19 rings (SSSR count). The first-order valence-electron chi connectivity index (χ1n) is 45.5. The Bertz CT molecular complexity index is 7380. The van der Waals surface area contributed by atoms with Crippen molar-refractivity contribution < 1.29 is 134 Å². The van der Waals surface area contributed by atoms with E-state index in [1.165, 1.54) is 50.1 Å². The number of nitrogens with one attached hydrogen (secondary N) is 6. The quantitative estimate of drug-likeness (QED) is 0.00595. The number of ether oxygens (including phenoxy) is 2. The number of carboxylic acids is 1. The molecular formula is C98H90F14N18O15S. The zero-order chi connectivity index (χ0) is 105. The van der Waals surface area contributed by atoms with Gasteiger partial charge in [0, 0.05) is 103 Å². The van der Waals surface area contributed by atoms with Gasteiger partial charge < -0.3 is 73.6 Å². The molecular weight excluding hydrogens is 1970 g/mol. The number of nitrogens with zero attached hydrogens (tertiary/aromatic N) is 12. The summed E-state index contributed by atoms with van der Waals surface area (Å²) in [4.78, 5) is 154. The Morgan fingerprint density at radius 1 is 0.473 bits per heavy atom. The van der Waals surface area contributed by atoms with Gasteiger partial charge in [0.1, 0.15) is 51.6 Å². The van der Waals surface area contributed by atoms with E-state index in [0.717, 1.165) is 115 Å². The fourth-order valence-electron chi connectivity index (χ4n) is 19.7. The number of methoxy groups -OCH3 is 2. The fourth-order valence-corrected chi connectivity index (χ4v) is 21.9. The highest BCUT2D eigenvalue weighted by molar-refractivity contribution is 8.17. The standard InChI is InChI=1S/C24H21F5N6O3.C23H22F3N3O2S.C18H17F3N2O3.C17H15F3N2O3.C16H15N5O4/c1-11-17(21(37)31-12-4-5-14(25)13(7-12)20(26)27)15-3-2-6-35(15)18(11)19(36)22(38)32-23(9-24(28,29)10-23)16-8-30-34-33-16;1-13-18(22(31)28-14-7-8-16(24)15(12-14)21(25)26)17-6-5-9-29(17)19(13)20(30)23(27-2)32-10-3-4-11-32;1-9-14(13-4-3-7-23(13)15(9)18(25)26-2)17(24)22-10-5-6-12(19)11(8-10)16(20)21;1-8-13(12-3-2-6-22(12)14(8)17(24)25)16(23)21-9-4-5-11(18)10(7-9)15(19)20;1-9-12(11-6-4-8-20(11)13(9)16(23)24-2)15(22)25-21-14-10(18-19-21)5-3-7-17-14/h4-5,7-8,20H,2-3,6,9-10H2,1H3,(H,31,37)(H,32,38)(H,30,33,34);7-8,12,21H,3-6,9-11H2,1H3,(H,28,31);5-6,8,16H,3-4,7H2,1-2H3,(H,22,24);4-5,7,15H,2-3,6H2,1H3,(H,21,23)(H,24,25);3,5,7H,4,6,8H2,1-2H3. The number of carboxylic acid groups (broad SMARTS) is 1. The molecule has 1 saturated carbocycles. The number of carbonyl (C=O) groups is 11. The molecule has 4 aromatic carbocycles. The Balaban J connectivity index is 0.000000138. The molecule has 0 bridgehead atoms. The molecule has 7 aliphatic rings. The maximum atomic E-state index is 13.8. The van der Waals surface area contributed by atoms with Crippen LogP contribution in [0.4, 0.5) is 84.2 Å². The van der Waals surface area contributed by atoms with E-state index < -0.39 is 155 Å². The SMILES string of the molecule is COC(=O)c1c(C)c(C(=O)Nc2ccc(F)c(C(F)F)c2)c2n1CCC2.COC(=O)c1c(C)c(C(=O)On2nnc3cccnc32)c2n1CCC2.Cc1c(C(=O)Nc2ccc(F)c(C(F)F)c2)c2n(c1C(=O)C(=O)NC1(c3cn[nH]n3)CC(F)(F)C1)CCC2.Cc1c(C(=O)Nc2ccc(F)c(C(F)F)c2)c2n(c1C(=O)O)CCC2.[C-]#[N+]C(C(=O)c1c(C)c(C(=O)Nc2ccc(F)c(C(F)F)c2)c2n1CCC2)=S1CCCC1. The Morgan fingerprint density at radius 3 is 1.17 bits per heavy atom. The van der Waals surface area contributed by atoms with Crippen molar-refractivity contribution in [1.82, 2.24) is 63.7 Å². The monoisotopic (exact) mass is 2060 g/mol. The maximum absolute atomic E-state index is 13.8. The number of halogens is 14. The van der Waals surface area contributed by atoms with Crippen molar-refractivity contribution in [1.29, 1.82) is 0 Å². The lowest BCUT2D eigenvalue weighted by atomic mass is 9.71. The molecule has 8 aromatic heterocycles. The number of carbonyl (C=O) groups excluding carboxylic acids is 10. The van der Waals surface area contributed by atoms with Gasteiger partial charge in [-0.25, -0.2) is 90.5 Å². The van der Waals surface area contributed by atoms with E-state index in [9.17, 15) is 119 Å². The molecule has 0 spiro atoms. The highest BCUT2D eigenvalue weighted by Crippen LogP contribution is 2.51. The molecule has 2 fully saturated rings. The Morgan fingerprint density at radius 2 is 0.822 bits per heavy atom. The van der Waals surface area contributed by atoms with Gasteiger partial charge in [-0.2, -0.15) is 25.9 Å². The number of aromatic nitrogens is 12. The Kier molecular flexibility index (Phi) is 30.8. The van der Waals surface area contributed by atoms with E-state index >= 15 is 0 Å². The average molecular weight is 2060 g/mol. The second-order valence-electron chi connectivity index (χ2n) is 35.0. The number of Topliss-reactive ketones (excluding diaryl/α,β-unsaturated/α-hetero) is 2. The molecule has 0 radical (unpaired) electrons. The summed E-state index contributed by atoms with van der Waals surface area (Å²) in [5.41, 5.74) is 3.85. The zero-order valence-electron chi connectivity index (χ0n) is 78.6.